The van der Waals surface area contributed by atoms with Crippen molar-refractivity contribution in [2.24, 2.45) is 0 Å². The third-order valence-corrected chi connectivity index (χ3v) is 8.57. The van der Waals surface area contributed by atoms with Gasteiger partial charge in [0.1, 0.15) is 11.0 Å². The first kappa shape index (κ1) is 25.7. The second-order valence-electron chi connectivity index (χ2n) is 9.51. The lowest BCUT2D eigenvalue weighted by atomic mass is 10.1. The molecule has 214 valence electrons. The number of fused-ring (bicyclic) bond motifs is 4. The number of anilines is 4. The van der Waals surface area contributed by atoms with Crippen LogP contribution >= 0.6 is 22.7 Å². The summed E-state index contributed by atoms with van der Waals surface area (Å²) < 4.78 is 13.2. The zero-order chi connectivity index (χ0) is 29.9. The molecule has 0 unspecified atom stereocenters. The number of hydrogen-bond acceptors (Lipinski definition) is 14. The number of oxazole rings is 2. The van der Waals surface area contributed by atoms with Crippen LogP contribution in [-0.2, 0) is 0 Å². The van der Waals surface area contributed by atoms with Gasteiger partial charge >= 0.3 is 12.0 Å². The molecule has 0 saturated heterocycles. The Labute approximate surface area is 251 Å². The van der Waals surface area contributed by atoms with Gasteiger partial charge in [-0.25, -0.2) is 9.97 Å². The molecule has 0 saturated carbocycles. The van der Waals surface area contributed by atoms with Gasteiger partial charge in [-0.3, -0.25) is 30.9 Å². The van der Waals surface area contributed by atoms with Crippen molar-refractivity contribution in [3.05, 3.63) is 93.0 Å². The molecule has 0 spiro atoms. The van der Waals surface area contributed by atoms with Gasteiger partial charge in [0.2, 0.25) is 0 Å². The van der Waals surface area contributed by atoms with Crippen molar-refractivity contribution in [1.82, 2.24) is 19.9 Å². The molecule has 0 aliphatic carbocycles. The first-order valence-corrected chi connectivity index (χ1v) is 14.4. The van der Waals surface area contributed by atoms with Gasteiger partial charge in [-0.1, -0.05) is 34.8 Å². The van der Waals surface area contributed by atoms with Gasteiger partial charge in [0.25, 0.3) is 11.4 Å². The van der Waals surface area contributed by atoms with E-state index in [1.165, 1.54) is 46.9 Å². The Morgan fingerprint density at radius 1 is 0.568 bits per heavy atom. The van der Waals surface area contributed by atoms with E-state index in [1.807, 2.05) is 36.4 Å². The summed E-state index contributed by atoms with van der Waals surface area (Å²) in [5, 5.41) is 29.3. The van der Waals surface area contributed by atoms with Crippen LogP contribution in [0.1, 0.15) is 0 Å². The maximum absolute atomic E-state index is 11.1. The van der Waals surface area contributed by atoms with Gasteiger partial charge in [-0.15, -0.1) is 0 Å². The van der Waals surface area contributed by atoms with E-state index < -0.39 is 9.85 Å². The molecule has 2 N–H and O–H groups in total. The van der Waals surface area contributed by atoms with Crippen molar-refractivity contribution in [1.29, 1.82) is 0 Å². The van der Waals surface area contributed by atoms with E-state index in [1.54, 1.807) is 12.1 Å². The van der Waals surface area contributed by atoms with E-state index in [0.717, 1.165) is 11.1 Å². The largest absolute Gasteiger partial charge is 0.423 e. The fraction of sp³-hybridized carbons (Fsp3) is 0. The Hall–Kier alpha value is -6.00. The number of nitro groups is 2. The van der Waals surface area contributed by atoms with E-state index in [2.05, 4.69) is 30.6 Å². The van der Waals surface area contributed by atoms with Gasteiger partial charge in [0.15, 0.2) is 21.4 Å². The summed E-state index contributed by atoms with van der Waals surface area (Å²) >= 11 is 2.53. The maximum Gasteiger partial charge on any atom is 0.302 e. The molecule has 0 aliphatic heterocycles. The molecule has 8 aromatic rings. The number of benzene rings is 4. The number of rotatable bonds is 7. The Morgan fingerprint density at radius 3 is 1.43 bits per heavy atom. The molecular formula is C28H14N8O6S2. The summed E-state index contributed by atoms with van der Waals surface area (Å²) in [6.45, 7) is 0. The lowest BCUT2D eigenvalue weighted by Gasteiger charge is -2.00. The number of nitro benzene ring substituents is 2. The number of nitrogens with zero attached hydrogens (tertiary/aromatic N) is 6. The van der Waals surface area contributed by atoms with Crippen LogP contribution in [0.2, 0.25) is 0 Å². The minimum atomic E-state index is -0.441. The molecule has 4 aromatic carbocycles. The summed E-state index contributed by atoms with van der Waals surface area (Å²) in [5.41, 5.74) is 5.39. The van der Waals surface area contributed by atoms with Crippen molar-refractivity contribution in [3.8, 4) is 11.1 Å². The van der Waals surface area contributed by atoms with Crippen LogP contribution in [0.3, 0.4) is 0 Å². The molecule has 0 fully saturated rings. The molecule has 0 bridgehead atoms. The predicted octanol–water partition coefficient (Wildman–Crippen LogP) is 8.16. The Bertz CT molecular complexity index is 2280. The van der Waals surface area contributed by atoms with Crippen LogP contribution in [0.4, 0.5) is 33.7 Å². The van der Waals surface area contributed by atoms with Crippen LogP contribution < -0.4 is 10.6 Å². The van der Waals surface area contributed by atoms with Crippen molar-refractivity contribution < 1.29 is 18.7 Å². The summed E-state index contributed by atoms with van der Waals surface area (Å²) in [6, 6.07) is 20.8. The fourth-order valence-corrected chi connectivity index (χ4v) is 6.44. The molecule has 14 nitrogen and oxygen atoms in total. The highest BCUT2D eigenvalue weighted by Crippen LogP contribution is 2.35. The summed E-state index contributed by atoms with van der Waals surface area (Å²) in [4.78, 5) is 39.2. The van der Waals surface area contributed by atoms with Crippen LogP contribution in [0, 0.1) is 20.2 Å². The number of nitrogens with one attached hydrogen (secondary N) is 2. The highest BCUT2D eigenvalue weighted by Gasteiger charge is 2.15. The topological polar surface area (TPSA) is 188 Å². The van der Waals surface area contributed by atoms with E-state index in [4.69, 9.17) is 8.83 Å². The number of hydrogen-bond donors (Lipinski definition) is 2. The highest BCUT2D eigenvalue weighted by molar-refractivity contribution is 7.22. The second-order valence-corrected chi connectivity index (χ2v) is 11.6. The normalized spacial score (nSPS) is 11.5. The molecule has 4 heterocycles. The molecule has 0 amide bonds. The molecule has 0 atom stereocenters. The second kappa shape index (κ2) is 9.79. The van der Waals surface area contributed by atoms with E-state index >= 15 is 0 Å². The van der Waals surface area contributed by atoms with Crippen LogP contribution in [0.15, 0.2) is 81.6 Å². The molecule has 16 heteroatoms. The summed E-state index contributed by atoms with van der Waals surface area (Å²) in [5.74, 6) is 0. The SMILES string of the molecule is O=[N+]([O-])c1ccc2nc(Nc3nc4ccc(-c5ccc6nc(Nc7nc8ccc([N+](=O)[O-])cc8s7)oc6c5)cc4o3)sc2c1. The Kier molecular flexibility index (Phi) is 5.71. The number of non-ortho nitro benzene ring substituents is 2. The van der Waals surface area contributed by atoms with Crippen LogP contribution in [-0.4, -0.2) is 29.8 Å². The zero-order valence-corrected chi connectivity index (χ0v) is 23.5. The standard InChI is InChI=1S/C28H14N8O6S2/c37-35(38)15-3-7-19-23(11-15)43-27(31-19)33-25-29-17-5-1-13(9-21(17)41-25)14-2-6-18-22(10-14)42-26(30-18)34-28-32-20-8-4-16(36(39)40)12-24(20)44-28/h1-12H,(H,29,31,33)(H,30,32,34). The highest BCUT2D eigenvalue weighted by atomic mass is 32.1. The van der Waals surface area contributed by atoms with Crippen LogP contribution in [0.25, 0.3) is 53.8 Å². The quantitative estimate of drug-likeness (QED) is 0.128. The summed E-state index contributed by atoms with van der Waals surface area (Å²) in [7, 11) is 0. The van der Waals surface area contributed by atoms with Gasteiger partial charge in [-0.2, -0.15) is 9.97 Å². The molecule has 0 radical (unpaired) electrons. The van der Waals surface area contributed by atoms with Gasteiger partial charge in [0, 0.05) is 24.3 Å². The lowest BCUT2D eigenvalue weighted by molar-refractivity contribution is -0.384. The maximum atomic E-state index is 11.1. The van der Waals surface area contributed by atoms with Gasteiger partial charge in [-0.05, 0) is 47.5 Å². The Morgan fingerprint density at radius 2 is 1.00 bits per heavy atom. The third kappa shape index (κ3) is 4.59. The predicted molar refractivity (Wildman–Crippen MR) is 166 cm³/mol. The zero-order valence-electron chi connectivity index (χ0n) is 21.9. The fourth-order valence-electron chi connectivity index (χ4n) is 4.66. The minimum Gasteiger partial charge on any atom is -0.423 e. The van der Waals surface area contributed by atoms with E-state index in [-0.39, 0.29) is 23.4 Å². The average Bonchev–Trinajstić information content (AvgIpc) is 3.78. The smallest absolute Gasteiger partial charge is 0.302 e. The van der Waals surface area contributed by atoms with E-state index in [9.17, 15) is 20.2 Å². The third-order valence-electron chi connectivity index (χ3n) is 6.70. The number of thiazole rings is 2. The average molecular weight is 623 g/mol. The van der Waals surface area contributed by atoms with Crippen molar-refractivity contribution in [3.63, 3.8) is 0 Å². The molecule has 4 aromatic heterocycles. The molecule has 8 rings (SSSR count). The first-order chi connectivity index (χ1) is 21.3. The van der Waals surface area contributed by atoms with Crippen molar-refractivity contribution >= 4 is 99.0 Å². The molecular weight excluding hydrogens is 608 g/mol. The molecule has 0 aliphatic rings. The number of aromatic nitrogens is 4. The molecule has 44 heavy (non-hydrogen) atoms. The Balaban J connectivity index is 1.03. The van der Waals surface area contributed by atoms with Gasteiger partial charge < -0.3 is 8.83 Å². The monoisotopic (exact) mass is 622 g/mol. The lowest BCUT2D eigenvalue weighted by Crippen LogP contribution is -1.88. The minimum absolute atomic E-state index is 0.00126. The summed E-state index contributed by atoms with van der Waals surface area (Å²) in [6.07, 6.45) is 0. The van der Waals surface area contributed by atoms with Crippen molar-refractivity contribution in [2.45, 2.75) is 0 Å². The van der Waals surface area contributed by atoms with Crippen LogP contribution in [0.5, 0.6) is 0 Å². The van der Waals surface area contributed by atoms with E-state index in [0.29, 0.717) is 52.9 Å². The first-order valence-electron chi connectivity index (χ1n) is 12.8. The van der Waals surface area contributed by atoms with Crippen molar-refractivity contribution in [2.75, 3.05) is 10.6 Å². The van der Waals surface area contributed by atoms with Gasteiger partial charge in [0.05, 0.1) is 30.3 Å².